The average Bonchev–Trinajstić information content (AvgIpc) is 2.74. The third-order valence-electron chi connectivity index (χ3n) is 5.02. The van der Waals surface area contributed by atoms with Gasteiger partial charge < -0.3 is 14.5 Å². The van der Waals surface area contributed by atoms with Gasteiger partial charge in [0.25, 0.3) is 5.56 Å². The number of aromatic nitrogens is 3. The van der Waals surface area contributed by atoms with Gasteiger partial charge in [-0.2, -0.15) is 0 Å². The highest BCUT2D eigenvalue weighted by atomic mass is 35.5. The molecule has 29 heavy (non-hydrogen) atoms. The number of H-pyrrole nitrogens is 1. The van der Waals surface area contributed by atoms with Crippen molar-refractivity contribution in [3.63, 3.8) is 0 Å². The third kappa shape index (κ3) is 3.97. The molecule has 2 aromatic heterocycles. The maximum atomic E-state index is 12.7. The first-order chi connectivity index (χ1) is 14.1. The van der Waals surface area contributed by atoms with Crippen LogP contribution in [0.15, 0.2) is 41.5 Å². The minimum absolute atomic E-state index is 0.109. The molecule has 0 fully saturated rings. The van der Waals surface area contributed by atoms with Gasteiger partial charge in [-0.1, -0.05) is 11.6 Å². The lowest BCUT2D eigenvalue weighted by Gasteiger charge is -2.28. The summed E-state index contributed by atoms with van der Waals surface area (Å²) in [7, 11) is 3.19. The molecule has 0 spiro atoms. The molecule has 0 unspecified atom stereocenters. The smallest absolute Gasteiger partial charge is 0.255 e. The van der Waals surface area contributed by atoms with Crippen LogP contribution in [0.25, 0.3) is 11.4 Å². The molecule has 1 N–H and O–H groups in total. The SMILES string of the molecule is COc1cc(Cl)cc(CN2CCc3nc(-c4ccncc4)[nH]c(=O)c3C2)c1OC. The maximum absolute atomic E-state index is 12.7. The molecule has 0 atom stereocenters. The van der Waals surface area contributed by atoms with Crippen molar-refractivity contribution in [2.75, 3.05) is 20.8 Å². The highest BCUT2D eigenvalue weighted by Crippen LogP contribution is 2.35. The highest BCUT2D eigenvalue weighted by Gasteiger charge is 2.23. The number of ether oxygens (including phenoxy) is 2. The molecule has 0 amide bonds. The molecular weight excluding hydrogens is 392 g/mol. The monoisotopic (exact) mass is 412 g/mol. The van der Waals surface area contributed by atoms with E-state index in [0.29, 0.717) is 47.4 Å². The first-order valence-corrected chi connectivity index (χ1v) is 9.62. The van der Waals surface area contributed by atoms with Gasteiger partial charge in [0.1, 0.15) is 5.82 Å². The van der Waals surface area contributed by atoms with Crippen LogP contribution in [-0.4, -0.2) is 40.6 Å². The van der Waals surface area contributed by atoms with Gasteiger partial charge in [-0.15, -0.1) is 0 Å². The van der Waals surface area contributed by atoms with E-state index in [1.54, 1.807) is 32.7 Å². The second-order valence-corrected chi connectivity index (χ2v) is 7.27. The number of halogens is 1. The Morgan fingerprint density at radius 3 is 2.72 bits per heavy atom. The lowest BCUT2D eigenvalue weighted by atomic mass is 10.0. The zero-order chi connectivity index (χ0) is 20.4. The number of nitrogens with zero attached hydrogens (tertiary/aromatic N) is 3. The summed E-state index contributed by atoms with van der Waals surface area (Å²) in [4.78, 5) is 26.5. The van der Waals surface area contributed by atoms with Crippen LogP contribution in [0.3, 0.4) is 0 Å². The third-order valence-corrected chi connectivity index (χ3v) is 5.23. The molecule has 150 valence electrons. The van der Waals surface area contributed by atoms with Gasteiger partial charge in [0.2, 0.25) is 0 Å². The molecule has 3 aromatic rings. The van der Waals surface area contributed by atoms with Crippen molar-refractivity contribution < 1.29 is 9.47 Å². The Bertz CT molecular complexity index is 1090. The van der Waals surface area contributed by atoms with Crippen molar-refractivity contribution in [1.82, 2.24) is 19.9 Å². The molecule has 0 radical (unpaired) electrons. The standard InChI is InChI=1S/C21H21ClN4O3/c1-28-18-10-15(22)9-14(19(18)29-2)11-26-8-5-17-16(12-26)21(27)25-20(24-17)13-3-6-23-7-4-13/h3-4,6-7,9-10H,5,8,11-12H2,1-2H3,(H,24,25,27). The topological polar surface area (TPSA) is 80.3 Å². The summed E-state index contributed by atoms with van der Waals surface area (Å²) >= 11 is 6.23. The number of pyridine rings is 1. The summed E-state index contributed by atoms with van der Waals surface area (Å²) in [6, 6.07) is 7.26. The number of rotatable bonds is 5. The Balaban J connectivity index is 1.60. The van der Waals surface area contributed by atoms with Crippen molar-refractivity contribution in [1.29, 1.82) is 0 Å². The molecule has 0 saturated heterocycles. The van der Waals surface area contributed by atoms with E-state index >= 15 is 0 Å². The predicted molar refractivity (Wildman–Crippen MR) is 110 cm³/mol. The van der Waals surface area contributed by atoms with Crippen LogP contribution in [-0.2, 0) is 19.5 Å². The van der Waals surface area contributed by atoms with Gasteiger partial charge in [0.15, 0.2) is 11.5 Å². The van der Waals surface area contributed by atoms with Crippen LogP contribution in [0.1, 0.15) is 16.8 Å². The Morgan fingerprint density at radius 1 is 1.21 bits per heavy atom. The average molecular weight is 413 g/mol. The Hall–Kier alpha value is -2.90. The van der Waals surface area contributed by atoms with E-state index in [4.69, 9.17) is 21.1 Å². The lowest BCUT2D eigenvalue weighted by molar-refractivity contribution is 0.237. The van der Waals surface area contributed by atoms with E-state index in [1.807, 2.05) is 18.2 Å². The van der Waals surface area contributed by atoms with Gasteiger partial charge in [-0.25, -0.2) is 4.98 Å². The summed E-state index contributed by atoms with van der Waals surface area (Å²) in [6.07, 6.45) is 4.06. The Kier molecular flexibility index (Phi) is 5.51. The summed E-state index contributed by atoms with van der Waals surface area (Å²) in [5.74, 6) is 1.82. The van der Waals surface area contributed by atoms with Crippen molar-refractivity contribution >= 4 is 11.6 Å². The molecular formula is C21H21ClN4O3. The zero-order valence-corrected chi connectivity index (χ0v) is 17.0. The Labute approximate surface area is 173 Å². The largest absolute Gasteiger partial charge is 0.493 e. The fourth-order valence-corrected chi connectivity index (χ4v) is 3.86. The first-order valence-electron chi connectivity index (χ1n) is 9.24. The summed E-state index contributed by atoms with van der Waals surface area (Å²) in [5.41, 5.74) is 3.19. The van der Waals surface area contributed by atoms with E-state index < -0.39 is 0 Å². The zero-order valence-electron chi connectivity index (χ0n) is 16.2. The van der Waals surface area contributed by atoms with Crippen LogP contribution in [0.2, 0.25) is 5.02 Å². The maximum Gasteiger partial charge on any atom is 0.255 e. The van der Waals surface area contributed by atoms with Crippen LogP contribution in [0.5, 0.6) is 11.5 Å². The number of aromatic amines is 1. The van der Waals surface area contributed by atoms with Crippen molar-refractivity contribution in [3.8, 4) is 22.9 Å². The Morgan fingerprint density at radius 2 is 2.00 bits per heavy atom. The molecule has 7 nitrogen and oxygen atoms in total. The van der Waals surface area contributed by atoms with Crippen LogP contribution >= 0.6 is 11.6 Å². The number of hydrogen-bond acceptors (Lipinski definition) is 6. The van der Waals surface area contributed by atoms with E-state index in [9.17, 15) is 4.79 Å². The predicted octanol–water partition coefficient (Wildman–Crippen LogP) is 3.06. The summed E-state index contributed by atoms with van der Waals surface area (Å²) < 4.78 is 10.9. The minimum Gasteiger partial charge on any atom is -0.493 e. The van der Waals surface area contributed by atoms with Crippen LogP contribution in [0, 0.1) is 0 Å². The van der Waals surface area contributed by atoms with E-state index in [-0.39, 0.29) is 5.56 Å². The number of fused-ring (bicyclic) bond motifs is 1. The second-order valence-electron chi connectivity index (χ2n) is 6.84. The molecule has 1 aromatic carbocycles. The first kappa shape index (κ1) is 19.4. The normalized spacial score (nSPS) is 13.8. The van der Waals surface area contributed by atoms with Crippen molar-refractivity contribution in [2.24, 2.45) is 0 Å². The molecule has 0 saturated carbocycles. The molecule has 8 heteroatoms. The minimum atomic E-state index is -0.109. The van der Waals surface area contributed by atoms with Crippen LogP contribution in [0.4, 0.5) is 0 Å². The number of benzene rings is 1. The molecule has 4 rings (SSSR count). The molecule has 3 heterocycles. The van der Waals surface area contributed by atoms with Gasteiger partial charge in [0, 0.05) is 60.7 Å². The van der Waals surface area contributed by atoms with E-state index in [0.717, 1.165) is 23.4 Å². The lowest BCUT2D eigenvalue weighted by Crippen LogP contribution is -2.35. The number of methoxy groups -OCH3 is 2. The fourth-order valence-electron chi connectivity index (χ4n) is 3.63. The van der Waals surface area contributed by atoms with Gasteiger partial charge in [-0.3, -0.25) is 14.7 Å². The number of hydrogen-bond donors (Lipinski definition) is 1. The second kappa shape index (κ2) is 8.23. The van der Waals surface area contributed by atoms with Gasteiger partial charge in [0.05, 0.1) is 25.5 Å². The van der Waals surface area contributed by atoms with Crippen molar-refractivity contribution in [2.45, 2.75) is 19.5 Å². The molecule has 0 aliphatic carbocycles. The molecule has 1 aliphatic heterocycles. The summed E-state index contributed by atoms with van der Waals surface area (Å²) in [5, 5.41) is 0.580. The quantitative estimate of drug-likeness (QED) is 0.693. The fraction of sp³-hybridized carbons (Fsp3) is 0.286. The molecule has 1 aliphatic rings. The van der Waals surface area contributed by atoms with Gasteiger partial charge >= 0.3 is 0 Å². The van der Waals surface area contributed by atoms with Gasteiger partial charge in [-0.05, 0) is 18.2 Å². The van der Waals surface area contributed by atoms with Crippen LogP contribution < -0.4 is 15.0 Å². The van der Waals surface area contributed by atoms with E-state index in [2.05, 4.69) is 19.9 Å². The summed E-state index contributed by atoms with van der Waals surface area (Å²) in [6.45, 7) is 1.87. The number of nitrogens with one attached hydrogen (secondary N) is 1. The highest BCUT2D eigenvalue weighted by molar-refractivity contribution is 6.30. The molecule has 0 bridgehead atoms. The van der Waals surface area contributed by atoms with Crippen molar-refractivity contribution in [3.05, 3.63) is 68.9 Å². The van der Waals surface area contributed by atoms with E-state index in [1.165, 1.54) is 0 Å².